The van der Waals surface area contributed by atoms with Gasteiger partial charge in [-0.3, -0.25) is 9.59 Å². The fourth-order valence-corrected chi connectivity index (χ4v) is 2.61. The molecule has 0 aromatic heterocycles. The summed E-state index contributed by atoms with van der Waals surface area (Å²) in [5.74, 6) is 0.207. The van der Waals surface area contributed by atoms with Crippen molar-refractivity contribution >= 4 is 11.8 Å². The van der Waals surface area contributed by atoms with Crippen LogP contribution < -0.4 is 5.32 Å². The van der Waals surface area contributed by atoms with Gasteiger partial charge in [-0.05, 0) is 37.0 Å². The highest BCUT2D eigenvalue weighted by molar-refractivity contribution is 5.94. The number of benzene rings is 1. The van der Waals surface area contributed by atoms with E-state index >= 15 is 0 Å². The van der Waals surface area contributed by atoms with Gasteiger partial charge >= 0.3 is 0 Å². The molecule has 1 N–H and O–H groups in total. The first-order valence-corrected chi connectivity index (χ1v) is 7.81. The van der Waals surface area contributed by atoms with Crippen LogP contribution in [0.15, 0.2) is 24.3 Å². The average molecular weight is 288 g/mol. The van der Waals surface area contributed by atoms with Gasteiger partial charge in [0.15, 0.2) is 0 Å². The normalized spacial score (nSPS) is 14.8. The molecular weight excluding hydrogens is 264 g/mol. The van der Waals surface area contributed by atoms with E-state index in [0.29, 0.717) is 18.5 Å². The second kappa shape index (κ2) is 7.25. The Morgan fingerprint density at radius 1 is 1.24 bits per heavy atom. The maximum absolute atomic E-state index is 12.1. The molecule has 1 aromatic rings. The van der Waals surface area contributed by atoms with Gasteiger partial charge in [-0.25, -0.2) is 0 Å². The predicted octanol–water partition coefficient (Wildman–Crippen LogP) is 2.73. The van der Waals surface area contributed by atoms with Crippen molar-refractivity contribution in [1.29, 1.82) is 0 Å². The molecule has 4 nitrogen and oxygen atoms in total. The van der Waals surface area contributed by atoms with Crippen LogP contribution in [0.3, 0.4) is 0 Å². The molecule has 0 atom stereocenters. The Morgan fingerprint density at radius 3 is 2.43 bits per heavy atom. The molecule has 1 heterocycles. The second-order valence-electron chi connectivity index (χ2n) is 5.60. The van der Waals surface area contributed by atoms with Crippen LogP contribution in [0.2, 0.25) is 0 Å². The molecule has 0 aliphatic carbocycles. The Bertz CT molecular complexity index is 492. The first kappa shape index (κ1) is 15.5. The summed E-state index contributed by atoms with van der Waals surface area (Å²) in [6.07, 6.45) is 3.50. The molecular formula is C17H24N2O2. The second-order valence-corrected chi connectivity index (χ2v) is 5.60. The minimum atomic E-state index is -0.0208. The van der Waals surface area contributed by atoms with Gasteiger partial charge in [0.2, 0.25) is 5.91 Å². The van der Waals surface area contributed by atoms with E-state index < -0.39 is 0 Å². The molecule has 0 bridgehead atoms. The number of rotatable bonds is 6. The van der Waals surface area contributed by atoms with E-state index in [9.17, 15) is 9.59 Å². The van der Waals surface area contributed by atoms with Gasteiger partial charge in [-0.15, -0.1) is 0 Å². The van der Waals surface area contributed by atoms with Crippen LogP contribution in [0.1, 0.15) is 55.5 Å². The Labute approximate surface area is 126 Å². The van der Waals surface area contributed by atoms with E-state index in [0.717, 1.165) is 31.4 Å². The van der Waals surface area contributed by atoms with Gasteiger partial charge < -0.3 is 10.2 Å². The molecule has 1 aliphatic heterocycles. The summed E-state index contributed by atoms with van der Waals surface area (Å²) >= 11 is 0. The fraction of sp³-hybridized carbons (Fsp3) is 0.529. The van der Waals surface area contributed by atoms with Crippen molar-refractivity contribution < 1.29 is 9.59 Å². The zero-order chi connectivity index (χ0) is 15.2. The minimum Gasteiger partial charge on any atom is -0.349 e. The van der Waals surface area contributed by atoms with Crippen LogP contribution in [0.25, 0.3) is 0 Å². The summed E-state index contributed by atoms with van der Waals surface area (Å²) < 4.78 is 0. The summed E-state index contributed by atoms with van der Waals surface area (Å²) in [6.45, 7) is 5.64. The van der Waals surface area contributed by atoms with Gasteiger partial charge in [0.05, 0.1) is 0 Å². The van der Waals surface area contributed by atoms with E-state index in [2.05, 4.69) is 19.2 Å². The molecule has 1 saturated heterocycles. The zero-order valence-corrected chi connectivity index (χ0v) is 12.9. The van der Waals surface area contributed by atoms with Crippen molar-refractivity contribution in [3.63, 3.8) is 0 Å². The third kappa shape index (κ3) is 4.06. The fourth-order valence-electron chi connectivity index (χ4n) is 2.61. The first-order valence-electron chi connectivity index (χ1n) is 7.81. The number of hydrogen-bond donors (Lipinski definition) is 1. The summed E-state index contributed by atoms with van der Waals surface area (Å²) in [5.41, 5.74) is 1.75. The highest BCUT2D eigenvalue weighted by atomic mass is 16.2. The molecule has 114 valence electrons. The average Bonchev–Trinajstić information content (AvgIpc) is 2.90. The number of carbonyl (C=O) groups is 2. The number of carbonyl (C=O) groups excluding carboxylic acids is 2. The molecule has 2 amide bonds. The number of hydrogen-bond acceptors (Lipinski definition) is 2. The Hall–Kier alpha value is -1.84. The van der Waals surface area contributed by atoms with Crippen LogP contribution in [0.5, 0.6) is 0 Å². The van der Waals surface area contributed by atoms with Gasteiger partial charge in [0, 0.05) is 31.1 Å². The lowest BCUT2D eigenvalue weighted by Crippen LogP contribution is -2.33. The van der Waals surface area contributed by atoms with E-state index in [1.54, 1.807) is 0 Å². The third-order valence-electron chi connectivity index (χ3n) is 4.08. The molecule has 1 aliphatic rings. The van der Waals surface area contributed by atoms with E-state index in [-0.39, 0.29) is 17.9 Å². The minimum absolute atomic E-state index is 0.0208. The Kier molecular flexibility index (Phi) is 5.37. The number of likely N-dealkylation sites (tertiary alicyclic amines) is 1. The lowest BCUT2D eigenvalue weighted by atomic mass is 10.1. The maximum Gasteiger partial charge on any atom is 0.251 e. The molecule has 0 unspecified atom stereocenters. The summed E-state index contributed by atoms with van der Waals surface area (Å²) in [6, 6.07) is 7.79. The van der Waals surface area contributed by atoms with Crippen molar-refractivity contribution in [2.45, 2.75) is 52.1 Å². The van der Waals surface area contributed by atoms with Crippen molar-refractivity contribution in [3.05, 3.63) is 35.4 Å². The molecule has 0 radical (unpaired) electrons. The highest BCUT2D eigenvalue weighted by Gasteiger charge is 2.20. The van der Waals surface area contributed by atoms with Crippen molar-refractivity contribution in [3.8, 4) is 0 Å². The summed E-state index contributed by atoms with van der Waals surface area (Å²) in [5, 5.41) is 3.03. The van der Waals surface area contributed by atoms with Gasteiger partial charge in [0.1, 0.15) is 0 Å². The lowest BCUT2D eigenvalue weighted by Gasteiger charge is -2.16. The molecule has 0 spiro atoms. The van der Waals surface area contributed by atoms with E-state index in [4.69, 9.17) is 0 Å². The number of nitrogens with one attached hydrogen (secondary N) is 1. The van der Waals surface area contributed by atoms with Crippen molar-refractivity contribution in [1.82, 2.24) is 10.2 Å². The van der Waals surface area contributed by atoms with Gasteiger partial charge in [-0.1, -0.05) is 26.0 Å². The lowest BCUT2D eigenvalue weighted by molar-refractivity contribution is -0.128. The van der Waals surface area contributed by atoms with Crippen molar-refractivity contribution in [2.24, 2.45) is 0 Å². The monoisotopic (exact) mass is 288 g/mol. The van der Waals surface area contributed by atoms with Crippen LogP contribution in [-0.2, 0) is 11.3 Å². The van der Waals surface area contributed by atoms with Crippen LogP contribution in [0.4, 0.5) is 0 Å². The number of nitrogens with zero attached hydrogens (tertiary/aromatic N) is 1. The molecule has 1 fully saturated rings. The Balaban J connectivity index is 1.95. The summed E-state index contributed by atoms with van der Waals surface area (Å²) in [7, 11) is 0. The van der Waals surface area contributed by atoms with E-state index in [1.807, 2.05) is 29.2 Å². The van der Waals surface area contributed by atoms with Crippen LogP contribution in [-0.4, -0.2) is 29.3 Å². The number of amides is 2. The van der Waals surface area contributed by atoms with Crippen LogP contribution in [0, 0.1) is 0 Å². The quantitative estimate of drug-likeness (QED) is 0.875. The van der Waals surface area contributed by atoms with Gasteiger partial charge in [0.25, 0.3) is 5.91 Å². The Morgan fingerprint density at radius 2 is 1.90 bits per heavy atom. The smallest absolute Gasteiger partial charge is 0.251 e. The predicted molar refractivity (Wildman–Crippen MR) is 82.9 cm³/mol. The van der Waals surface area contributed by atoms with Crippen LogP contribution >= 0.6 is 0 Å². The molecule has 1 aromatic carbocycles. The molecule has 21 heavy (non-hydrogen) atoms. The molecule has 4 heteroatoms. The SMILES string of the molecule is CCC(CC)NC(=O)c1ccc(CN2CCCC2=O)cc1. The largest absolute Gasteiger partial charge is 0.349 e. The first-order chi connectivity index (χ1) is 10.1. The standard InChI is InChI=1S/C17H24N2O2/c1-3-15(4-2)18-17(21)14-9-7-13(8-10-14)12-19-11-5-6-16(19)20/h7-10,15H,3-6,11-12H2,1-2H3,(H,18,21). The highest BCUT2D eigenvalue weighted by Crippen LogP contribution is 2.15. The topological polar surface area (TPSA) is 49.4 Å². The molecule has 0 saturated carbocycles. The van der Waals surface area contributed by atoms with Gasteiger partial charge in [-0.2, -0.15) is 0 Å². The maximum atomic E-state index is 12.1. The summed E-state index contributed by atoms with van der Waals surface area (Å²) in [4.78, 5) is 25.6. The molecule has 2 rings (SSSR count). The van der Waals surface area contributed by atoms with Crippen molar-refractivity contribution in [2.75, 3.05) is 6.54 Å². The van der Waals surface area contributed by atoms with E-state index in [1.165, 1.54) is 0 Å². The third-order valence-corrected chi connectivity index (χ3v) is 4.08. The zero-order valence-electron chi connectivity index (χ0n) is 12.9.